The van der Waals surface area contributed by atoms with Crippen molar-refractivity contribution in [3.05, 3.63) is 47.8 Å². The van der Waals surface area contributed by atoms with Gasteiger partial charge in [0, 0.05) is 12.6 Å². The first kappa shape index (κ1) is 19.5. The van der Waals surface area contributed by atoms with Gasteiger partial charge in [0.2, 0.25) is 0 Å². The van der Waals surface area contributed by atoms with Gasteiger partial charge in [-0.25, -0.2) is 0 Å². The van der Waals surface area contributed by atoms with Gasteiger partial charge in [0.1, 0.15) is 11.4 Å². The van der Waals surface area contributed by atoms with Crippen LogP contribution in [0.3, 0.4) is 0 Å². The van der Waals surface area contributed by atoms with E-state index in [2.05, 4.69) is 15.5 Å². The lowest BCUT2D eigenvalue weighted by atomic mass is 9.99. The van der Waals surface area contributed by atoms with Crippen LogP contribution in [0.15, 0.2) is 36.4 Å². The van der Waals surface area contributed by atoms with Gasteiger partial charge in [0.15, 0.2) is 6.61 Å². The van der Waals surface area contributed by atoms with E-state index in [4.69, 9.17) is 4.74 Å². The lowest BCUT2D eigenvalue weighted by Crippen LogP contribution is -2.41. The van der Waals surface area contributed by atoms with Crippen molar-refractivity contribution < 1.29 is 14.3 Å². The highest BCUT2D eigenvalue weighted by Crippen LogP contribution is 2.30. The molecule has 1 saturated heterocycles. The molecule has 1 aromatic carbocycles. The molecule has 2 amide bonds. The van der Waals surface area contributed by atoms with E-state index < -0.39 is 0 Å². The van der Waals surface area contributed by atoms with Gasteiger partial charge < -0.3 is 15.0 Å². The summed E-state index contributed by atoms with van der Waals surface area (Å²) in [6, 6.07) is 11.3. The van der Waals surface area contributed by atoms with Crippen molar-refractivity contribution in [1.82, 2.24) is 20.4 Å². The minimum atomic E-state index is -0.138. The summed E-state index contributed by atoms with van der Waals surface area (Å²) in [4.78, 5) is 27.1. The smallest absolute Gasteiger partial charge is 0.271 e. The van der Waals surface area contributed by atoms with Gasteiger partial charge in [-0.1, -0.05) is 31.0 Å². The molecular weight excluding hydrogens is 368 g/mol. The number of likely N-dealkylation sites (tertiary alicyclic amines) is 1. The number of aromatic nitrogens is 2. The molecule has 1 aliphatic carbocycles. The molecule has 2 heterocycles. The van der Waals surface area contributed by atoms with Crippen molar-refractivity contribution in [3.63, 3.8) is 0 Å². The Labute approximate surface area is 170 Å². The quantitative estimate of drug-likeness (QED) is 0.785. The van der Waals surface area contributed by atoms with E-state index in [0.717, 1.165) is 37.8 Å². The fourth-order valence-electron chi connectivity index (χ4n) is 4.25. The summed E-state index contributed by atoms with van der Waals surface area (Å²) < 4.78 is 5.64. The third-order valence-electron chi connectivity index (χ3n) is 5.81. The van der Waals surface area contributed by atoms with Crippen LogP contribution in [0.5, 0.6) is 5.75 Å². The predicted molar refractivity (Wildman–Crippen MR) is 109 cm³/mol. The second kappa shape index (κ2) is 9.11. The second-order valence-corrected chi connectivity index (χ2v) is 7.86. The van der Waals surface area contributed by atoms with Crippen molar-refractivity contribution in [2.45, 2.75) is 57.0 Å². The van der Waals surface area contributed by atoms with Crippen LogP contribution in [0.4, 0.5) is 0 Å². The van der Waals surface area contributed by atoms with Crippen LogP contribution < -0.4 is 10.1 Å². The lowest BCUT2D eigenvalue weighted by molar-refractivity contribution is -0.137. The Kier molecular flexibility index (Phi) is 6.12. The van der Waals surface area contributed by atoms with Crippen molar-refractivity contribution >= 4 is 11.8 Å². The third-order valence-corrected chi connectivity index (χ3v) is 5.81. The zero-order chi connectivity index (χ0) is 20.1. The number of hydrogen-bond donors (Lipinski definition) is 2. The molecule has 7 heteroatoms. The molecule has 1 saturated carbocycles. The van der Waals surface area contributed by atoms with E-state index >= 15 is 0 Å². The molecule has 0 unspecified atom stereocenters. The number of H-pyrrole nitrogens is 1. The van der Waals surface area contributed by atoms with Crippen LogP contribution in [0.25, 0.3) is 0 Å². The van der Waals surface area contributed by atoms with Crippen LogP contribution in [-0.4, -0.2) is 46.1 Å². The maximum absolute atomic E-state index is 12.8. The zero-order valence-electron chi connectivity index (χ0n) is 16.6. The first-order chi connectivity index (χ1) is 14.2. The summed E-state index contributed by atoms with van der Waals surface area (Å²) in [6.07, 6.45) is 7.27. The Balaban J connectivity index is 1.39. The van der Waals surface area contributed by atoms with Gasteiger partial charge in [-0.3, -0.25) is 14.7 Å². The van der Waals surface area contributed by atoms with Crippen molar-refractivity contribution in [2.24, 2.45) is 0 Å². The van der Waals surface area contributed by atoms with Crippen molar-refractivity contribution in [2.75, 3.05) is 13.2 Å². The molecule has 4 rings (SSSR count). The molecule has 1 atom stereocenters. The van der Waals surface area contributed by atoms with E-state index in [1.807, 2.05) is 35.2 Å². The zero-order valence-corrected chi connectivity index (χ0v) is 16.6. The van der Waals surface area contributed by atoms with Crippen LogP contribution in [-0.2, 0) is 4.79 Å². The average Bonchev–Trinajstić information content (AvgIpc) is 3.45. The van der Waals surface area contributed by atoms with Gasteiger partial charge in [0.25, 0.3) is 11.8 Å². The van der Waals surface area contributed by atoms with E-state index in [-0.39, 0.29) is 30.5 Å². The van der Waals surface area contributed by atoms with Crippen LogP contribution in [0.1, 0.15) is 67.2 Å². The number of rotatable bonds is 6. The molecule has 154 valence electrons. The average molecular weight is 396 g/mol. The highest BCUT2D eigenvalue weighted by molar-refractivity contribution is 5.92. The number of piperidine rings is 1. The molecule has 2 N–H and O–H groups in total. The Morgan fingerprint density at radius 3 is 2.66 bits per heavy atom. The number of amides is 2. The fraction of sp³-hybridized carbons (Fsp3) is 0.500. The van der Waals surface area contributed by atoms with Crippen LogP contribution in [0, 0.1) is 0 Å². The maximum atomic E-state index is 12.8. The number of carbonyl (C=O) groups is 2. The standard InChI is InChI=1S/C22H28N4O3/c27-21(15-29-17-10-2-1-3-11-17)26-13-7-6-12-20(26)18-14-19(25-24-18)22(28)23-16-8-4-5-9-16/h1-3,10-11,14,16,20H,4-9,12-13,15H2,(H,23,28)(H,24,25)/t20-/m0/s1. The summed E-state index contributed by atoms with van der Waals surface area (Å²) in [5.41, 5.74) is 1.21. The molecule has 0 spiro atoms. The van der Waals surface area contributed by atoms with E-state index in [1.54, 1.807) is 6.07 Å². The number of benzene rings is 1. The Morgan fingerprint density at radius 1 is 1.10 bits per heavy atom. The minimum absolute atomic E-state index is 0.00364. The van der Waals surface area contributed by atoms with Crippen LogP contribution >= 0.6 is 0 Å². The molecule has 29 heavy (non-hydrogen) atoms. The lowest BCUT2D eigenvalue weighted by Gasteiger charge is -2.35. The van der Waals surface area contributed by atoms with Gasteiger partial charge in [0.05, 0.1) is 11.7 Å². The molecule has 2 aliphatic rings. The molecule has 7 nitrogen and oxygen atoms in total. The first-order valence-electron chi connectivity index (χ1n) is 10.5. The van der Waals surface area contributed by atoms with Crippen LogP contribution in [0.2, 0.25) is 0 Å². The summed E-state index contributed by atoms with van der Waals surface area (Å²) in [5, 5.41) is 10.3. The molecular formula is C22H28N4O3. The topological polar surface area (TPSA) is 87.3 Å². The summed E-state index contributed by atoms with van der Waals surface area (Å²) in [6.45, 7) is 0.688. The number of hydrogen-bond acceptors (Lipinski definition) is 4. The molecule has 2 fully saturated rings. The SMILES string of the molecule is O=C(NC1CCCC1)c1cc([C@@H]2CCCCN2C(=O)COc2ccccc2)[nH]n1. The number of ether oxygens (including phenoxy) is 1. The summed E-state index contributed by atoms with van der Waals surface area (Å²) >= 11 is 0. The highest BCUT2D eigenvalue weighted by Gasteiger charge is 2.30. The molecule has 2 aromatic rings. The molecule has 1 aromatic heterocycles. The van der Waals surface area contributed by atoms with Gasteiger partial charge in [-0.05, 0) is 50.3 Å². The largest absolute Gasteiger partial charge is 0.484 e. The number of aromatic amines is 1. The molecule has 0 bridgehead atoms. The van der Waals surface area contributed by atoms with E-state index in [9.17, 15) is 9.59 Å². The summed E-state index contributed by atoms with van der Waals surface area (Å²) in [7, 11) is 0. The molecule has 1 aliphatic heterocycles. The Morgan fingerprint density at radius 2 is 1.86 bits per heavy atom. The third kappa shape index (κ3) is 4.78. The van der Waals surface area contributed by atoms with Gasteiger partial charge >= 0.3 is 0 Å². The van der Waals surface area contributed by atoms with Crippen molar-refractivity contribution in [1.29, 1.82) is 0 Å². The number of para-hydroxylation sites is 1. The van der Waals surface area contributed by atoms with E-state index in [1.165, 1.54) is 12.8 Å². The maximum Gasteiger partial charge on any atom is 0.271 e. The first-order valence-corrected chi connectivity index (χ1v) is 10.5. The molecule has 0 radical (unpaired) electrons. The highest BCUT2D eigenvalue weighted by atomic mass is 16.5. The fourth-order valence-corrected chi connectivity index (χ4v) is 4.25. The Bertz CT molecular complexity index is 830. The normalized spacial score (nSPS) is 19.9. The van der Waals surface area contributed by atoms with E-state index in [0.29, 0.717) is 18.0 Å². The number of nitrogens with zero attached hydrogens (tertiary/aromatic N) is 2. The van der Waals surface area contributed by atoms with Gasteiger partial charge in [-0.15, -0.1) is 0 Å². The van der Waals surface area contributed by atoms with Gasteiger partial charge in [-0.2, -0.15) is 5.10 Å². The van der Waals surface area contributed by atoms with Crippen molar-refractivity contribution in [3.8, 4) is 5.75 Å². The number of nitrogens with one attached hydrogen (secondary N) is 2. The monoisotopic (exact) mass is 396 g/mol. The Hall–Kier alpha value is -2.83. The number of carbonyl (C=O) groups excluding carboxylic acids is 2. The minimum Gasteiger partial charge on any atom is -0.484 e. The summed E-state index contributed by atoms with van der Waals surface area (Å²) in [5.74, 6) is 0.493. The second-order valence-electron chi connectivity index (χ2n) is 7.86. The predicted octanol–water partition coefficient (Wildman–Crippen LogP) is 3.21.